The van der Waals surface area contributed by atoms with Gasteiger partial charge in [0.25, 0.3) is 0 Å². The lowest BCUT2D eigenvalue weighted by atomic mass is 10.2. The molecule has 0 saturated heterocycles. The van der Waals surface area contributed by atoms with Crippen LogP contribution in [0.15, 0.2) is 0 Å². The number of urea groups is 1. The number of hydrogen-bond donors (Lipinski definition) is 4. The Kier molecular flexibility index (Phi) is 7.01. The SMILES string of the molecule is CCSC1CCC(NC(=O)N[C@@H](CCO)C(=O)O)C1. The molecule has 0 spiro atoms. The van der Waals surface area contributed by atoms with Crippen LogP contribution in [0, 0.1) is 0 Å². The minimum absolute atomic E-state index is 0.0156. The lowest BCUT2D eigenvalue weighted by Crippen LogP contribution is -2.48. The van der Waals surface area contributed by atoms with Crippen LogP contribution in [-0.2, 0) is 4.79 Å². The lowest BCUT2D eigenvalue weighted by Gasteiger charge is -2.17. The Morgan fingerprint density at radius 3 is 2.74 bits per heavy atom. The largest absolute Gasteiger partial charge is 0.480 e. The number of hydrogen-bond acceptors (Lipinski definition) is 4. The van der Waals surface area contributed by atoms with E-state index in [-0.39, 0.29) is 19.1 Å². The zero-order valence-electron chi connectivity index (χ0n) is 11.1. The molecular formula is C12H22N2O4S. The Morgan fingerprint density at radius 2 is 2.16 bits per heavy atom. The van der Waals surface area contributed by atoms with Crippen molar-refractivity contribution in [2.75, 3.05) is 12.4 Å². The van der Waals surface area contributed by atoms with Gasteiger partial charge in [0.2, 0.25) is 0 Å². The molecule has 1 aliphatic rings. The van der Waals surface area contributed by atoms with Crippen molar-refractivity contribution in [2.45, 2.75) is 49.9 Å². The monoisotopic (exact) mass is 290 g/mol. The normalized spacial score (nSPS) is 23.9. The smallest absolute Gasteiger partial charge is 0.326 e. The quantitative estimate of drug-likeness (QED) is 0.556. The summed E-state index contributed by atoms with van der Waals surface area (Å²) in [4.78, 5) is 22.5. The summed E-state index contributed by atoms with van der Waals surface area (Å²) in [6.07, 6.45) is 2.97. The number of carbonyl (C=O) groups is 2. The molecule has 2 unspecified atom stereocenters. The molecule has 0 radical (unpaired) electrons. The number of carboxylic acids is 1. The van der Waals surface area contributed by atoms with Crippen molar-refractivity contribution in [3.05, 3.63) is 0 Å². The number of aliphatic hydroxyl groups excluding tert-OH is 1. The van der Waals surface area contributed by atoms with Crippen LogP contribution in [-0.4, -0.2) is 51.9 Å². The van der Waals surface area contributed by atoms with Gasteiger partial charge in [0, 0.05) is 24.3 Å². The summed E-state index contributed by atoms with van der Waals surface area (Å²) in [6.45, 7) is 1.85. The van der Waals surface area contributed by atoms with Gasteiger partial charge in [-0.2, -0.15) is 11.8 Å². The van der Waals surface area contributed by atoms with Crippen molar-refractivity contribution >= 4 is 23.8 Å². The second kappa shape index (κ2) is 8.27. The van der Waals surface area contributed by atoms with Gasteiger partial charge in [-0.05, 0) is 25.0 Å². The van der Waals surface area contributed by atoms with Crippen LogP contribution in [0.3, 0.4) is 0 Å². The Morgan fingerprint density at radius 1 is 1.42 bits per heavy atom. The van der Waals surface area contributed by atoms with E-state index in [4.69, 9.17) is 10.2 Å². The van der Waals surface area contributed by atoms with E-state index in [1.807, 2.05) is 11.8 Å². The second-order valence-electron chi connectivity index (χ2n) is 4.61. The maximum absolute atomic E-state index is 11.7. The fourth-order valence-corrected chi connectivity index (χ4v) is 3.37. The van der Waals surface area contributed by atoms with Gasteiger partial charge in [0.1, 0.15) is 6.04 Å². The predicted octanol–water partition coefficient (Wildman–Crippen LogP) is 0.795. The van der Waals surface area contributed by atoms with Crippen LogP contribution >= 0.6 is 11.8 Å². The first-order valence-corrected chi connectivity index (χ1v) is 7.64. The molecule has 0 bridgehead atoms. The number of aliphatic carboxylic acids is 1. The molecule has 7 heteroatoms. The molecule has 0 aliphatic heterocycles. The molecule has 1 aliphatic carbocycles. The zero-order valence-corrected chi connectivity index (χ0v) is 11.9. The van der Waals surface area contributed by atoms with E-state index in [2.05, 4.69) is 17.6 Å². The number of rotatable bonds is 7. The van der Waals surface area contributed by atoms with Crippen molar-refractivity contribution in [1.29, 1.82) is 0 Å². The highest BCUT2D eigenvalue weighted by Gasteiger charge is 2.27. The van der Waals surface area contributed by atoms with E-state index in [0.29, 0.717) is 5.25 Å². The van der Waals surface area contributed by atoms with E-state index >= 15 is 0 Å². The minimum Gasteiger partial charge on any atom is -0.480 e. The van der Waals surface area contributed by atoms with Gasteiger partial charge >= 0.3 is 12.0 Å². The van der Waals surface area contributed by atoms with E-state index in [1.165, 1.54) is 0 Å². The Hall–Kier alpha value is -0.950. The molecule has 1 fully saturated rings. The Labute approximate surface area is 117 Å². The van der Waals surface area contributed by atoms with Crippen molar-refractivity contribution in [1.82, 2.24) is 10.6 Å². The van der Waals surface area contributed by atoms with Crippen LogP contribution in [0.25, 0.3) is 0 Å². The van der Waals surface area contributed by atoms with Crippen LogP contribution in [0.1, 0.15) is 32.6 Å². The summed E-state index contributed by atoms with van der Waals surface area (Å²) in [5, 5.41) is 23.4. The standard InChI is InChI=1S/C12H22N2O4S/c1-2-19-9-4-3-8(7-9)13-12(18)14-10(5-6-15)11(16)17/h8-10,15H,2-7H2,1H3,(H,16,17)(H2,13,14,18)/t8?,9?,10-/m0/s1. The highest BCUT2D eigenvalue weighted by molar-refractivity contribution is 7.99. The molecule has 1 rings (SSSR count). The molecule has 6 nitrogen and oxygen atoms in total. The predicted molar refractivity (Wildman–Crippen MR) is 74.4 cm³/mol. The van der Waals surface area contributed by atoms with Gasteiger partial charge in [0.05, 0.1) is 0 Å². The fraction of sp³-hybridized carbons (Fsp3) is 0.833. The molecule has 4 N–H and O–H groups in total. The average Bonchev–Trinajstić information content (AvgIpc) is 2.76. The molecule has 2 amide bonds. The summed E-state index contributed by atoms with van der Waals surface area (Å²) in [7, 11) is 0. The summed E-state index contributed by atoms with van der Waals surface area (Å²) >= 11 is 1.90. The first kappa shape index (κ1) is 16.1. The second-order valence-corrected chi connectivity index (χ2v) is 6.19. The van der Waals surface area contributed by atoms with Gasteiger partial charge in [-0.15, -0.1) is 0 Å². The summed E-state index contributed by atoms with van der Waals surface area (Å²) in [6, 6.07) is -1.38. The van der Waals surface area contributed by atoms with Gasteiger partial charge in [-0.25, -0.2) is 9.59 Å². The van der Waals surface area contributed by atoms with Crippen molar-refractivity contribution in [2.24, 2.45) is 0 Å². The van der Waals surface area contributed by atoms with Gasteiger partial charge in [-0.1, -0.05) is 6.92 Å². The third kappa shape index (κ3) is 5.69. The fourth-order valence-electron chi connectivity index (χ4n) is 2.23. The van der Waals surface area contributed by atoms with E-state index in [9.17, 15) is 9.59 Å². The summed E-state index contributed by atoms with van der Waals surface area (Å²) in [5.74, 6) is -0.0590. The van der Waals surface area contributed by atoms with E-state index < -0.39 is 18.0 Å². The van der Waals surface area contributed by atoms with Crippen molar-refractivity contribution in [3.8, 4) is 0 Å². The Bertz CT molecular complexity index is 314. The number of carboxylic acid groups (broad SMARTS) is 1. The summed E-state index contributed by atoms with van der Waals surface area (Å²) in [5.41, 5.74) is 0. The van der Waals surface area contributed by atoms with E-state index in [1.54, 1.807) is 0 Å². The maximum Gasteiger partial charge on any atom is 0.326 e. The molecule has 0 heterocycles. The van der Waals surface area contributed by atoms with Crippen LogP contribution < -0.4 is 10.6 Å². The Balaban J connectivity index is 2.32. The van der Waals surface area contributed by atoms with E-state index in [0.717, 1.165) is 25.0 Å². The van der Waals surface area contributed by atoms with Gasteiger partial charge in [0.15, 0.2) is 0 Å². The topological polar surface area (TPSA) is 98.7 Å². The number of amides is 2. The zero-order chi connectivity index (χ0) is 14.3. The number of carbonyl (C=O) groups excluding carboxylic acids is 1. The molecule has 0 aromatic carbocycles. The molecule has 3 atom stereocenters. The first-order chi connectivity index (χ1) is 9.06. The number of nitrogens with one attached hydrogen (secondary N) is 2. The third-order valence-electron chi connectivity index (χ3n) is 3.14. The molecule has 1 saturated carbocycles. The third-order valence-corrected chi connectivity index (χ3v) is 4.38. The molecule has 19 heavy (non-hydrogen) atoms. The summed E-state index contributed by atoms with van der Waals surface area (Å²) < 4.78 is 0. The molecule has 0 aromatic rings. The van der Waals surface area contributed by atoms with Crippen molar-refractivity contribution in [3.63, 3.8) is 0 Å². The number of aliphatic hydroxyl groups is 1. The van der Waals surface area contributed by atoms with Crippen LogP contribution in [0.4, 0.5) is 4.79 Å². The maximum atomic E-state index is 11.7. The van der Waals surface area contributed by atoms with Crippen LogP contribution in [0.2, 0.25) is 0 Å². The highest BCUT2D eigenvalue weighted by Crippen LogP contribution is 2.29. The molecule has 110 valence electrons. The average molecular weight is 290 g/mol. The van der Waals surface area contributed by atoms with Gasteiger partial charge < -0.3 is 20.8 Å². The van der Waals surface area contributed by atoms with Crippen LogP contribution in [0.5, 0.6) is 0 Å². The van der Waals surface area contributed by atoms with Crippen molar-refractivity contribution < 1.29 is 19.8 Å². The molecular weight excluding hydrogens is 268 g/mol. The lowest BCUT2D eigenvalue weighted by molar-refractivity contribution is -0.139. The minimum atomic E-state index is -1.13. The molecule has 0 aromatic heterocycles. The number of thioether (sulfide) groups is 1. The van der Waals surface area contributed by atoms with Gasteiger partial charge in [-0.3, -0.25) is 0 Å². The first-order valence-electron chi connectivity index (χ1n) is 6.59. The highest BCUT2D eigenvalue weighted by atomic mass is 32.2.